The van der Waals surface area contributed by atoms with Crippen molar-refractivity contribution in [3.63, 3.8) is 0 Å². The van der Waals surface area contributed by atoms with Gasteiger partial charge in [-0.3, -0.25) is 9.59 Å². The molecule has 1 saturated heterocycles. The van der Waals surface area contributed by atoms with Gasteiger partial charge in [0.1, 0.15) is 6.54 Å². The van der Waals surface area contributed by atoms with Crippen molar-refractivity contribution in [3.05, 3.63) is 0 Å². The number of hydrogen-bond acceptors (Lipinski definition) is 3. The Morgan fingerprint density at radius 2 is 2.30 bits per heavy atom. The topological polar surface area (TPSA) is 49.4 Å². The molecule has 1 heterocycles. The second-order valence-electron chi connectivity index (χ2n) is 2.01. The number of piperazine rings is 1. The summed E-state index contributed by atoms with van der Waals surface area (Å²) >= 11 is 3.89. The quantitative estimate of drug-likeness (QED) is 0.475. The average molecular weight is 160 g/mol. The van der Waals surface area contributed by atoms with Gasteiger partial charge in [0.2, 0.25) is 11.8 Å². The Morgan fingerprint density at radius 3 is 2.80 bits per heavy atom. The largest absolute Gasteiger partial charge is 0.345 e. The van der Waals surface area contributed by atoms with Crippen molar-refractivity contribution >= 4 is 24.4 Å². The second kappa shape index (κ2) is 2.92. The SMILES string of the molecule is O=C1CN(CS)C(=O)CN1. The summed E-state index contributed by atoms with van der Waals surface area (Å²) < 4.78 is 0. The summed E-state index contributed by atoms with van der Waals surface area (Å²) in [5.74, 6) is 0.120. The number of nitrogens with one attached hydrogen (secondary N) is 1. The van der Waals surface area contributed by atoms with Crippen LogP contribution in [0.3, 0.4) is 0 Å². The predicted molar refractivity (Wildman–Crippen MR) is 38.6 cm³/mol. The summed E-state index contributed by atoms with van der Waals surface area (Å²) in [6, 6.07) is 0. The van der Waals surface area contributed by atoms with Crippen LogP contribution in [0.2, 0.25) is 0 Å². The van der Waals surface area contributed by atoms with E-state index in [0.29, 0.717) is 5.88 Å². The van der Waals surface area contributed by atoms with E-state index in [9.17, 15) is 9.59 Å². The summed E-state index contributed by atoms with van der Waals surface area (Å²) in [6.45, 7) is 0.252. The van der Waals surface area contributed by atoms with Gasteiger partial charge in [-0.25, -0.2) is 0 Å². The van der Waals surface area contributed by atoms with Crippen LogP contribution in [0.4, 0.5) is 0 Å². The Balaban J connectivity index is 2.53. The first-order valence-electron chi connectivity index (χ1n) is 2.89. The lowest BCUT2D eigenvalue weighted by atomic mass is 10.4. The molecule has 5 heteroatoms. The lowest BCUT2D eigenvalue weighted by molar-refractivity contribution is -0.139. The summed E-state index contributed by atoms with van der Waals surface area (Å²) in [5.41, 5.74) is 0. The Bertz CT molecular complexity index is 171. The van der Waals surface area contributed by atoms with Crippen molar-refractivity contribution in [2.75, 3.05) is 19.0 Å². The first-order valence-corrected chi connectivity index (χ1v) is 3.52. The molecule has 1 aliphatic rings. The van der Waals surface area contributed by atoms with E-state index in [2.05, 4.69) is 17.9 Å². The van der Waals surface area contributed by atoms with Crippen LogP contribution in [-0.4, -0.2) is 35.7 Å². The Hall–Kier alpha value is -0.710. The zero-order valence-electron chi connectivity index (χ0n) is 5.33. The molecule has 0 aromatic carbocycles. The van der Waals surface area contributed by atoms with E-state index in [1.807, 2.05) is 0 Å². The standard InChI is InChI=1S/C5H8N2O2S/c8-4-2-7(3-10)5(9)1-6-4/h10H,1-3H2,(H,6,8). The van der Waals surface area contributed by atoms with E-state index in [1.54, 1.807) is 0 Å². The van der Waals surface area contributed by atoms with E-state index in [1.165, 1.54) is 4.90 Å². The number of nitrogens with zero attached hydrogens (tertiary/aromatic N) is 1. The molecule has 56 valence electrons. The summed E-state index contributed by atoms with van der Waals surface area (Å²) in [6.07, 6.45) is 0. The van der Waals surface area contributed by atoms with Gasteiger partial charge in [-0.1, -0.05) is 0 Å². The molecule has 2 amide bonds. The normalized spacial score (nSPS) is 19.1. The van der Waals surface area contributed by atoms with Crippen molar-refractivity contribution in [1.29, 1.82) is 0 Å². The van der Waals surface area contributed by atoms with Gasteiger partial charge in [0.05, 0.1) is 12.4 Å². The summed E-state index contributed by atoms with van der Waals surface area (Å²) in [4.78, 5) is 22.9. The molecule has 1 fully saturated rings. The van der Waals surface area contributed by atoms with Gasteiger partial charge in [-0.2, -0.15) is 12.6 Å². The summed E-state index contributed by atoms with van der Waals surface area (Å²) in [7, 11) is 0. The van der Waals surface area contributed by atoms with Crippen LogP contribution in [0, 0.1) is 0 Å². The minimum absolute atomic E-state index is 0.0744. The molecule has 0 atom stereocenters. The molecule has 1 aliphatic heterocycles. The molecule has 0 aromatic rings. The maximum Gasteiger partial charge on any atom is 0.243 e. The van der Waals surface area contributed by atoms with Gasteiger partial charge in [0.15, 0.2) is 0 Å². The van der Waals surface area contributed by atoms with Crippen molar-refractivity contribution in [1.82, 2.24) is 10.2 Å². The minimum Gasteiger partial charge on any atom is -0.345 e. The van der Waals surface area contributed by atoms with Crippen LogP contribution < -0.4 is 5.32 Å². The van der Waals surface area contributed by atoms with Crippen molar-refractivity contribution in [3.8, 4) is 0 Å². The Morgan fingerprint density at radius 1 is 1.60 bits per heavy atom. The molecule has 0 bridgehead atoms. The van der Waals surface area contributed by atoms with E-state index in [-0.39, 0.29) is 24.9 Å². The smallest absolute Gasteiger partial charge is 0.243 e. The fraction of sp³-hybridized carbons (Fsp3) is 0.600. The monoisotopic (exact) mass is 160 g/mol. The molecule has 4 nitrogen and oxygen atoms in total. The maximum absolute atomic E-state index is 10.8. The van der Waals surface area contributed by atoms with Crippen molar-refractivity contribution < 1.29 is 9.59 Å². The van der Waals surface area contributed by atoms with Crippen LogP contribution >= 0.6 is 12.6 Å². The fourth-order valence-electron chi connectivity index (χ4n) is 0.732. The van der Waals surface area contributed by atoms with Crippen molar-refractivity contribution in [2.45, 2.75) is 0 Å². The molecule has 1 N–H and O–H groups in total. The third-order valence-corrected chi connectivity index (χ3v) is 1.64. The molecule has 0 aromatic heterocycles. The van der Waals surface area contributed by atoms with Gasteiger partial charge in [-0.05, 0) is 0 Å². The highest BCUT2D eigenvalue weighted by atomic mass is 32.1. The third-order valence-electron chi connectivity index (χ3n) is 1.29. The van der Waals surface area contributed by atoms with Crippen LogP contribution in [-0.2, 0) is 9.59 Å². The second-order valence-corrected chi connectivity index (χ2v) is 2.29. The maximum atomic E-state index is 10.8. The van der Waals surface area contributed by atoms with Crippen LogP contribution in [0.15, 0.2) is 0 Å². The Kier molecular flexibility index (Phi) is 2.16. The van der Waals surface area contributed by atoms with Crippen LogP contribution in [0.5, 0.6) is 0 Å². The molecule has 0 spiro atoms. The number of rotatable bonds is 1. The highest BCUT2D eigenvalue weighted by Gasteiger charge is 2.20. The van der Waals surface area contributed by atoms with Gasteiger partial charge in [-0.15, -0.1) is 0 Å². The van der Waals surface area contributed by atoms with Gasteiger partial charge in [0, 0.05) is 0 Å². The molecule has 0 saturated carbocycles. The predicted octanol–water partition coefficient (Wildman–Crippen LogP) is -1.17. The van der Waals surface area contributed by atoms with Gasteiger partial charge < -0.3 is 10.2 Å². The lowest BCUT2D eigenvalue weighted by Crippen LogP contribution is -2.50. The van der Waals surface area contributed by atoms with E-state index in [4.69, 9.17) is 0 Å². The number of hydrogen-bond donors (Lipinski definition) is 2. The van der Waals surface area contributed by atoms with E-state index < -0.39 is 0 Å². The number of carbonyl (C=O) groups is 2. The average Bonchev–Trinajstić information content (AvgIpc) is 1.94. The molecular weight excluding hydrogens is 152 g/mol. The third kappa shape index (κ3) is 1.41. The number of carbonyl (C=O) groups excluding carboxylic acids is 2. The fourth-order valence-corrected chi connectivity index (χ4v) is 0.990. The van der Waals surface area contributed by atoms with E-state index >= 15 is 0 Å². The lowest BCUT2D eigenvalue weighted by Gasteiger charge is -2.24. The van der Waals surface area contributed by atoms with Crippen LogP contribution in [0.25, 0.3) is 0 Å². The zero-order chi connectivity index (χ0) is 7.56. The zero-order valence-corrected chi connectivity index (χ0v) is 6.23. The summed E-state index contributed by atoms with van der Waals surface area (Å²) in [5, 5.41) is 2.43. The molecule has 0 unspecified atom stereocenters. The molecule has 0 aliphatic carbocycles. The first-order chi connectivity index (χ1) is 4.74. The highest BCUT2D eigenvalue weighted by molar-refractivity contribution is 7.80. The van der Waals surface area contributed by atoms with Crippen molar-refractivity contribution in [2.24, 2.45) is 0 Å². The highest BCUT2D eigenvalue weighted by Crippen LogP contribution is 1.95. The first kappa shape index (κ1) is 7.40. The molecule has 0 radical (unpaired) electrons. The minimum atomic E-state index is -0.117. The van der Waals surface area contributed by atoms with Gasteiger partial charge >= 0.3 is 0 Å². The van der Waals surface area contributed by atoms with Crippen LogP contribution in [0.1, 0.15) is 0 Å². The molecule has 1 rings (SSSR count). The molecule has 10 heavy (non-hydrogen) atoms. The number of amides is 2. The Labute approximate surface area is 64.0 Å². The van der Waals surface area contributed by atoms with Gasteiger partial charge in [0.25, 0.3) is 0 Å². The number of thiol groups is 1. The van der Waals surface area contributed by atoms with E-state index in [0.717, 1.165) is 0 Å². The molecular formula is C5H8N2O2S.